The molecule has 0 saturated heterocycles. The molecule has 102 valence electrons. The number of hydrogen-bond acceptors (Lipinski definition) is 4. The minimum absolute atomic E-state index is 0.667. The van der Waals surface area contributed by atoms with Crippen molar-refractivity contribution in [3.63, 3.8) is 0 Å². The molecule has 0 atom stereocenters. The van der Waals surface area contributed by atoms with Crippen molar-refractivity contribution >= 4 is 10.9 Å². The summed E-state index contributed by atoms with van der Waals surface area (Å²) in [5, 5.41) is 13.4. The quantitative estimate of drug-likeness (QED) is 0.737. The number of nitriles is 1. The predicted octanol–water partition coefficient (Wildman–Crippen LogP) is 1.94. The first kappa shape index (κ1) is 12.1. The normalized spacial score (nSPS) is 13.9. The van der Waals surface area contributed by atoms with Crippen LogP contribution in [0.1, 0.15) is 16.8 Å². The van der Waals surface area contributed by atoms with E-state index in [0.29, 0.717) is 11.5 Å². The summed E-state index contributed by atoms with van der Waals surface area (Å²) < 4.78 is 1.94. The maximum absolute atomic E-state index is 9.18. The second-order valence-electron chi connectivity index (χ2n) is 5.10. The molecule has 3 heterocycles. The van der Waals surface area contributed by atoms with Gasteiger partial charge in [-0.25, -0.2) is 9.97 Å². The maximum Gasteiger partial charge on any atom is 0.234 e. The standard InChI is InChI=1S/C16H13N5/c17-8-11-2-1-3-15-13(11)5-7-21(15)16-19-10-12-9-18-6-4-14(12)20-16/h1-3,5,7,10,18H,4,6,9H2. The van der Waals surface area contributed by atoms with Gasteiger partial charge in [-0.2, -0.15) is 5.26 Å². The van der Waals surface area contributed by atoms with Crippen LogP contribution in [0.25, 0.3) is 16.9 Å². The molecule has 5 nitrogen and oxygen atoms in total. The van der Waals surface area contributed by atoms with Crippen molar-refractivity contribution < 1.29 is 0 Å². The van der Waals surface area contributed by atoms with Crippen LogP contribution in [0.2, 0.25) is 0 Å². The molecule has 1 N–H and O–H groups in total. The Morgan fingerprint density at radius 1 is 1.29 bits per heavy atom. The van der Waals surface area contributed by atoms with E-state index in [0.717, 1.165) is 36.1 Å². The second kappa shape index (κ2) is 4.69. The van der Waals surface area contributed by atoms with Gasteiger partial charge in [0.05, 0.1) is 22.8 Å². The topological polar surface area (TPSA) is 66.5 Å². The molecule has 21 heavy (non-hydrogen) atoms. The van der Waals surface area contributed by atoms with Gasteiger partial charge >= 0.3 is 0 Å². The van der Waals surface area contributed by atoms with Gasteiger partial charge in [0, 0.05) is 42.9 Å². The Hall–Kier alpha value is -2.71. The van der Waals surface area contributed by atoms with Crippen molar-refractivity contribution in [2.24, 2.45) is 0 Å². The SMILES string of the molecule is N#Cc1cccc2c1ccn2-c1ncc2c(n1)CCNC2. The van der Waals surface area contributed by atoms with Crippen LogP contribution in [0.3, 0.4) is 0 Å². The monoisotopic (exact) mass is 275 g/mol. The number of fused-ring (bicyclic) bond motifs is 2. The van der Waals surface area contributed by atoms with Gasteiger partial charge in [-0.05, 0) is 18.2 Å². The molecular weight excluding hydrogens is 262 g/mol. The molecule has 0 saturated carbocycles. The van der Waals surface area contributed by atoms with E-state index in [9.17, 15) is 5.26 Å². The van der Waals surface area contributed by atoms with Crippen LogP contribution in [-0.2, 0) is 13.0 Å². The summed E-state index contributed by atoms with van der Waals surface area (Å²) in [7, 11) is 0. The van der Waals surface area contributed by atoms with E-state index in [4.69, 9.17) is 4.98 Å². The Bertz CT molecular complexity index is 872. The number of hydrogen-bond donors (Lipinski definition) is 1. The highest BCUT2D eigenvalue weighted by molar-refractivity contribution is 5.87. The number of benzene rings is 1. The van der Waals surface area contributed by atoms with E-state index >= 15 is 0 Å². The Labute approximate surface area is 121 Å². The Balaban J connectivity index is 1.89. The average Bonchev–Trinajstić information content (AvgIpc) is 2.98. The van der Waals surface area contributed by atoms with Crippen molar-refractivity contribution in [2.75, 3.05) is 6.54 Å². The fraction of sp³-hybridized carbons (Fsp3) is 0.188. The van der Waals surface area contributed by atoms with Gasteiger partial charge in [-0.3, -0.25) is 4.57 Å². The van der Waals surface area contributed by atoms with Crippen LogP contribution < -0.4 is 5.32 Å². The first-order valence-electron chi connectivity index (χ1n) is 6.93. The van der Waals surface area contributed by atoms with Crippen molar-refractivity contribution in [3.05, 3.63) is 53.5 Å². The first-order valence-corrected chi connectivity index (χ1v) is 6.93. The van der Waals surface area contributed by atoms with Crippen LogP contribution in [0.4, 0.5) is 0 Å². The predicted molar refractivity (Wildman–Crippen MR) is 79.0 cm³/mol. The second-order valence-corrected chi connectivity index (χ2v) is 5.10. The van der Waals surface area contributed by atoms with Crippen molar-refractivity contribution in [1.29, 1.82) is 5.26 Å². The van der Waals surface area contributed by atoms with E-state index in [2.05, 4.69) is 16.4 Å². The molecule has 3 aromatic rings. The summed E-state index contributed by atoms with van der Waals surface area (Å²) in [4.78, 5) is 9.16. The fourth-order valence-electron chi connectivity index (χ4n) is 2.78. The number of rotatable bonds is 1. The van der Waals surface area contributed by atoms with E-state index in [1.54, 1.807) is 0 Å². The number of aromatic nitrogens is 3. The lowest BCUT2D eigenvalue weighted by Gasteiger charge is -2.16. The molecule has 0 fully saturated rings. The van der Waals surface area contributed by atoms with E-state index in [-0.39, 0.29) is 0 Å². The van der Waals surface area contributed by atoms with Crippen LogP contribution in [-0.4, -0.2) is 21.1 Å². The molecule has 0 radical (unpaired) electrons. The van der Waals surface area contributed by atoms with E-state index in [1.807, 2.05) is 41.2 Å². The molecule has 1 aromatic carbocycles. The molecule has 1 aliphatic rings. The summed E-state index contributed by atoms with van der Waals surface area (Å²) in [6, 6.07) is 9.87. The van der Waals surface area contributed by atoms with Gasteiger partial charge in [0.1, 0.15) is 0 Å². The third kappa shape index (κ3) is 1.89. The zero-order valence-corrected chi connectivity index (χ0v) is 11.4. The van der Waals surface area contributed by atoms with E-state index < -0.39 is 0 Å². The molecular formula is C16H13N5. The van der Waals surface area contributed by atoms with Crippen molar-refractivity contribution in [3.8, 4) is 12.0 Å². The van der Waals surface area contributed by atoms with Crippen molar-refractivity contribution in [1.82, 2.24) is 19.9 Å². The number of nitrogens with one attached hydrogen (secondary N) is 1. The van der Waals surface area contributed by atoms with Gasteiger partial charge in [0.2, 0.25) is 5.95 Å². The largest absolute Gasteiger partial charge is 0.312 e. The molecule has 0 amide bonds. The van der Waals surface area contributed by atoms with Gasteiger partial charge in [-0.15, -0.1) is 0 Å². The van der Waals surface area contributed by atoms with Crippen LogP contribution >= 0.6 is 0 Å². The summed E-state index contributed by atoms with van der Waals surface area (Å²) in [5.41, 5.74) is 3.91. The molecule has 0 bridgehead atoms. The molecule has 2 aromatic heterocycles. The third-order valence-electron chi connectivity index (χ3n) is 3.86. The lowest BCUT2D eigenvalue weighted by Crippen LogP contribution is -2.25. The van der Waals surface area contributed by atoms with Crippen LogP contribution in [0.5, 0.6) is 0 Å². The van der Waals surface area contributed by atoms with Gasteiger partial charge in [0.25, 0.3) is 0 Å². The smallest absolute Gasteiger partial charge is 0.234 e. The summed E-state index contributed by atoms with van der Waals surface area (Å²) in [6.07, 6.45) is 4.74. The molecule has 4 rings (SSSR count). The van der Waals surface area contributed by atoms with Gasteiger partial charge in [0.15, 0.2) is 0 Å². The molecule has 5 heteroatoms. The molecule has 0 spiro atoms. The maximum atomic E-state index is 9.18. The van der Waals surface area contributed by atoms with Crippen molar-refractivity contribution in [2.45, 2.75) is 13.0 Å². The zero-order chi connectivity index (χ0) is 14.2. The zero-order valence-electron chi connectivity index (χ0n) is 11.4. The minimum Gasteiger partial charge on any atom is -0.312 e. The fourth-order valence-corrected chi connectivity index (χ4v) is 2.78. The lowest BCUT2D eigenvalue weighted by atomic mass is 10.1. The molecule has 1 aliphatic heterocycles. The Morgan fingerprint density at radius 2 is 2.24 bits per heavy atom. The van der Waals surface area contributed by atoms with Gasteiger partial charge in [-0.1, -0.05) is 6.07 Å². The highest BCUT2D eigenvalue weighted by Crippen LogP contribution is 2.22. The average molecular weight is 275 g/mol. The van der Waals surface area contributed by atoms with Crippen LogP contribution in [0.15, 0.2) is 36.7 Å². The van der Waals surface area contributed by atoms with Gasteiger partial charge < -0.3 is 5.32 Å². The minimum atomic E-state index is 0.667. The molecule has 0 unspecified atom stereocenters. The lowest BCUT2D eigenvalue weighted by molar-refractivity contribution is 0.623. The Kier molecular flexibility index (Phi) is 2.69. The summed E-state index contributed by atoms with van der Waals surface area (Å²) in [6.45, 7) is 1.79. The van der Waals surface area contributed by atoms with Crippen LogP contribution in [0, 0.1) is 11.3 Å². The highest BCUT2D eigenvalue weighted by atomic mass is 15.1. The summed E-state index contributed by atoms with van der Waals surface area (Å²) >= 11 is 0. The Morgan fingerprint density at radius 3 is 3.14 bits per heavy atom. The third-order valence-corrected chi connectivity index (χ3v) is 3.86. The first-order chi connectivity index (χ1) is 10.4. The summed E-state index contributed by atoms with van der Waals surface area (Å²) in [5.74, 6) is 0.667. The number of nitrogens with zero attached hydrogens (tertiary/aromatic N) is 4. The highest BCUT2D eigenvalue weighted by Gasteiger charge is 2.14. The van der Waals surface area contributed by atoms with E-state index in [1.165, 1.54) is 5.56 Å². The molecule has 0 aliphatic carbocycles.